The fourth-order valence-electron chi connectivity index (χ4n) is 6.98. The Bertz CT molecular complexity index is 3150. The Hall–Kier alpha value is -7.96. The topological polar surface area (TPSA) is 174 Å². The van der Waals surface area contributed by atoms with Crippen LogP contribution in [-0.2, 0) is 0 Å². The number of rotatable bonds is 10. The molecule has 0 radical (unpaired) electrons. The van der Waals surface area contributed by atoms with Crippen molar-refractivity contribution in [3.8, 4) is 23.0 Å². The molecule has 0 saturated carbocycles. The highest BCUT2D eigenvalue weighted by Gasteiger charge is 2.16. The summed E-state index contributed by atoms with van der Waals surface area (Å²) in [4.78, 5) is 23.1. The Kier molecular flexibility index (Phi) is 11.0. The molecule has 0 bridgehead atoms. The van der Waals surface area contributed by atoms with E-state index in [9.17, 15) is 20.2 Å². The lowest BCUT2D eigenvalue weighted by Crippen LogP contribution is -2.09. The second-order valence-electron chi connectivity index (χ2n) is 14.1. The number of thiol groups is 2. The van der Waals surface area contributed by atoms with E-state index in [1.807, 2.05) is 115 Å². The Morgan fingerprint density at radius 1 is 0.587 bits per heavy atom. The molecule has 4 heterocycles. The summed E-state index contributed by atoms with van der Waals surface area (Å²) < 4.78 is 24.6. The fourth-order valence-corrected chi connectivity index (χ4v) is 7.50. The normalized spacial score (nSPS) is 12.6. The average Bonchev–Trinajstić information content (AvgIpc) is 4.10. The number of fused-ring (bicyclic) bond motifs is 4. The number of hydrogen-bond donors (Lipinski definition) is 3. The van der Waals surface area contributed by atoms with E-state index in [0.717, 1.165) is 78.7 Å². The quantitative estimate of drug-likeness (QED) is 0.0675. The van der Waals surface area contributed by atoms with Crippen molar-refractivity contribution in [2.75, 3.05) is 30.9 Å². The number of benzene rings is 6. The van der Waals surface area contributed by atoms with Crippen LogP contribution < -0.4 is 29.2 Å². The summed E-state index contributed by atoms with van der Waals surface area (Å²) in [6, 6.07) is 36.0. The second-order valence-corrected chi connectivity index (χ2v) is 14.9. The molecule has 8 aromatic rings. The molecule has 2 aromatic heterocycles. The molecule has 0 amide bonds. The Labute approximate surface area is 369 Å². The highest BCUT2D eigenvalue weighted by molar-refractivity contribution is 7.78. The van der Waals surface area contributed by atoms with E-state index in [-0.39, 0.29) is 25.0 Å². The van der Waals surface area contributed by atoms with Crippen molar-refractivity contribution < 1.29 is 28.8 Å². The monoisotopic (exact) mass is 878 g/mol. The van der Waals surface area contributed by atoms with Crippen LogP contribution in [0, 0.1) is 20.2 Å². The predicted molar refractivity (Wildman–Crippen MR) is 249 cm³/mol. The van der Waals surface area contributed by atoms with Crippen LogP contribution in [0.5, 0.6) is 23.0 Å². The maximum Gasteiger partial charge on any atom is 0.271 e. The second kappa shape index (κ2) is 17.2. The first kappa shape index (κ1) is 40.4. The Morgan fingerprint density at radius 2 is 1.10 bits per heavy atom. The van der Waals surface area contributed by atoms with Crippen molar-refractivity contribution in [3.63, 3.8) is 0 Å². The van der Waals surface area contributed by atoms with Crippen molar-refractivity contribution in [2.45, 2.75) is 0 Å². The molecule has 0 spiro atoms. The number of anilines is 4. The van der Waals surface area contributed by atoms with Crippen LogP contribution in [0.25, 0.3) is 46.1 Å². The van der Waals surface area contributed by atoms with E-state index in [2.05, 4.69) is 41.1 Å². The zero-order valence-electron chi connectivity index (χ0n) is 33.1. The van der Waals surface area contributed by atoms with Gasteiger partial charge in [-0.2, -0.15) is 10.2 Å². The van der Waals surface area contributed by atoms with Gasteiger partial charge in [0.05, 0.1) is 32.3 Å². The van der Waals surface area contributed by atoms with Gasteiger partial charge in [0.25, 0.3) is 11.4 Å². The molecule has 0 unspecified atom stereocenters. The summed E-state index contributed by atoms with van der Waals surface area (Å²) in [5, 5.41) is 36.1. The van der Waals surface area contributed by atoms with Crippen LogP contribution >= 0.6 is 25.6 Å². The minimum absolute atomic E-state index is 0.0289. The van der Waals surface area contributed by atoms with Gasteiger partial charge in [0.2, 0.25) is 13.6 Å². The third kappa shape index (κ3) is 8.65. The zero-order valence-corrected chi connectivity index (χ0v) is 34.9. The summed E-state index contributed by atoms with van der Waals surface area (Å²) in [7, 11) is 1.86. The van der Waals surface area contributed by atoms with Gasteiger partial charge in [-0.3, -0.25) is 20.2 Å². The smallest absolute Gasteiger partial charge is 0.271 e. The molecule has 6 aromatic carbocycles. The maximum absolute atomic E-state index is 11.1. The lowest BCUT2D eigenvalue weighted by Gasteiger charge is -2.19. The highest BCUT2D eigenvalue weighted by Crippen LogP contribution is 2.36. The minimum atomic E-state index is -0.421. The summed E-state index contributed by atoms with van der Waals surface area (Å²) in [6.07, 6.45) is 7.75. The van der Waals surface area contributed by atoms with Gasteiger partial charge in [-0.25, -0.2) is 8.17 Å². The number of ether oxygens (including phenoxy) is 4. The van der Waals surface area contributed by atoms with Crippen molar-refractivity contribution in [2.24, 2.45) is 0 Å². The van der Waals surface area contributed by atoms with Crippen LogP contribution in [0.3, 0.4) is 0 Å². The van der Waals surface area contributed by atoms with Crippen LogP contribution in [0.2, 0.25) is 0 Å². The Morgan fingerprint density at radius 3 is 1.70 bits per heavy atom. The number of non-ortho nitro benzene ring substituents is 2. The molecule has 1 N–H and O–H groups in total. The minimum Gasteiger partial charge on any atom is -0.454 e. The summed E-state index contributed by atoms with van der Waals surface area (Å²) in [5.74, 6) is 2.94. The number of nitrogens with one attached hydrogen (secondary N) is 1. The third-order valence-corrected chi connectivity index (χ3v) is 10.8. The SMILES string of the molecule is CN(c1cccc([N+](=O)[O-])c1)c1ccc2c(/C=C/c3ccc4c(c3)OCO4)nn(S)c2c1.O=[N+]([O-])c1cccc(Nc2ccc3c(/C=C/c4ccc5c(c4)OCO5)nn(S)c3c2)c1. The molecule has 0 saturated heterocycles. The van der Waals surface area contributed by atoms with Gasteiger partial charge in [-0.1, -0.05) is 36.4 Å². The molecule has 2 aliphatic rings. The molecular weight excluding hydrogens is 845 g/mol. The predicted octanol–water partition coefficient (Wildman–Crippen LogP) is 10.6. The highest BCUT2D eigenvalue weighted by atomic mass is 32.1. The van der Waals surface area contributed by atoms with Crippen molar-refractivity contribution >= 4 is 106 Å². The van der Waals surface area contributed by atoms with Gasteiger partial charge >= 0.3 is 0 Å². The van der Waals surface area contributed by atoms with Gasteiger partial charge in [0, 0.05) is 64.8 Å². The lowest BCUT2D eigenvalue weighted by atomic mass is 10.1. The lowest BCUT2D eigenvalue weighted by molar-refractivity contribution is -0.385. The molecular formula is C45H34N8O8S2. The maximum atomic E-state index is 11.1. The standard InChI is InChI=1S/C23H18N4O4S.C22H16N4O4S/c1-25(16-3-2-4-18(12-16)27(28)29)17-7-8-19-20(24-26(32)21(19)13-17)9-5-15-6-10-22-23(11-15)31-14-30-22;27-26(28)17-3-1-2-15(11-17)23-16-6-7-18-19(24-25(31)20(18)12-16)8-4-14-5-9-21-22(10-14)30-13-29-21/h2-13,32H,14H2,1H3;1-12,23,31H,13H2/b9-5+;8-4+. The van der Waals surface area contributed by atoms with Crippen molar-refractivity contribution in [1.29, 1.82) is 0 Å². The van der Waals surface area contributed by atoms with E-state index in [0.29, 0.717) is 11.4 Å². The molecule has 16 nitrogen and oxygen atoms in total. The third-order valence-electron chi connectivity index (χ3n) is 10.2. The zero-order chi connectivity index (χ0) is 43.6. The van der Waals surface area contributed by atoms with Gasteiger partial charge in [-0.05, 0) is 122 Å². The molecule has 0 atom stereocenters. The van der Waals surface area contributed by atoms with Crippen molar-refractivity contribution in [3.05, 3.63) is 164 Å². The van der Waals surface area contributed by atoms with E-state index < -0.39 is 9.85 Å². The van der Waals surface area contributed by atoms with E-state index >= 15 is 0 Å². The van der Waals surface area contributed by atoms with E-state index in [1.54, 1.807) is 24.3 Å². The summed E-state index contributed by atoms with van der Waals surface area (Å²) in [6.45, 7) is 0.480. The van der Waals surface area contributed by atoms with Crippen LogP contribution in [0.4, 0.5) is 34.1 Å². The van der Waals surface area contributed by atoms with Crippen LogP contribution in [0.1, 0.15) is 22.5 Å². The van der Waals surface area contributed by atoms with Crippen LogP contribution in [-0.4, -0.2) is 48.9 Å². The van der Waals surface area contributed by atoms with Gasteiger partial charge in [0.1, 0.15) is 0 Å². The number of nitro benzene ring substituents is 2. The number of nitrogens with zero attached hydrogens (tertiary/aromatic N) is 7. The molecule has 18 heteroatoms. The first-order valence-electron chi connectivity index (χ1n) is 19.2. The van der Waals surface area contributed by atoms with Crippen LogP contribution in [0.15, 0.2) is 121 Å². The average molecular weight is 879 g/mol. The number of nitro groups is 2. The number of aromatic nitrogens is 4. The Balaban J connectivity index is 0.000000160. The van der Waals surface area contributed by atoms with E-state index in [1.165, 1.54) is 26.4 Å². The van der Waals surface area contributed by atoms with Gasteiger partial charge in [0.15, 0.2) is 23.0 Å². The van der Waals surface area contributed by atoms with Crippen molar-refractivity contribution in [1.82, 2.24) is 18.4 Å². The molecule has 0 fully saturated rings. The molecule has 0 aliphatic carbocycles. The van der Waals surface area contributed by atoms with E-state index in [4.69, 9.17) is 18.9 Å². The first-order valence-corrected chi connectivity index (χ1v) is 20.0. The molecule has 10 rings (SSSR count). The summed E-state index contributed by atoms with van der Waals surface area (Å²) >= 11 is 8.92. The molecule has 63 heavy (non-hydrogen) atoms. The van der Waals surface area contributed by atoms with Gasteiger partial charge < -0.3 is 29.2 Å². The summed E-state index contributed by atoms with van der Waals surface area (Å²) in [5.41, 5.74) is 8.17. The first-order chi connectivity index (χ1) is 30.6. The molecule has 2 aliphatic heterocycles. The fraction of sp³-hybridized carbons (Fsp3) is 0.0667. The number of hydrogen-bond acceptors (Lipinski definition) is 14. The van der Waals surface area contributed by atoms with Gasteiger partial charge in [-0.15, -0.1) is 0 Å². The largest absolute Gasteiger partial charge is 0.454 e. The molecule has 314 valence electrons.